The maximum atomic E-state index is 12.5. The zero-order valence-corrected chi connectivity index (χ0v) is 16.6. The van der Waals surface area contributed by atoms with Crippen molar-refractivity contribution in [3.63, 3.8) is 0 Å². The molecule has 4 heteroatoms. The van der Waals surface area contributed by atoms with E-state index in [1.165, 1.54) is 63.5 Å². The lowest BCUT2D eigenvalue weighted by molar-refractivity contribution is -0.114. The number of carbonyl (C=O) groups excluding carboxylic acids is 1. The third kappa shape index (κ3) is 4.21. The van der Waals surface area contributed by atoms with Gasteiger partial charge in [-0.3, -0.25) is 9.69 Å². The van der Waals surface area contributed by atoms with Gasteiger partial charge in [0.15, 0.2) is 0 Å². The molecule has 4 nitrogen and oxygen atoms in total. The number of carbonyl (C=O) groups is 1. The highest BCUT2D eigenvalue weighted by atomic mass is 16.2. The van der Waals surface area contributed by atoms with Crippen LogP contribution in [0.3, 0.4) is 0 Å². The summed E-state index contributed by atoms with van der Waals surface area (Å²) in [5, 5.41) is 0. The minimum absolute atomic E-state index is 0.0466. The maximum absolute atomic E-state index is 12.5. The molecule has 0 bridgehead atoms. The third-order valence-electron chi connectivity index (χ3n) is 6.66. The molecule has 1 aromatic rings. The number of piperidine rings is 2. The third-order valence-corrected chi connectivity index (χ3v) is 6.66. The van der Waals surface area contributed by atoms with Crippen LogP contribution in [0.25, 0.3) is 0 Å². The Labute approximate surface area is 163 Å². The van der Waals surface area contributed by atoms with Gasteiger partial charge in [0.1, 0.15) is 0 Å². The van der Waals surface area contributed by atoms with Crippen molar-refractivity contribution in [2.45, 2.75) is 63.5 Å². The first-order valence-electron chi connectivity index (χ1n) is 10.8. The van der Waals surface area contributed by atoms with Crippen LogP contribution in [0.5, 0.6) is 0 Å². The van der Waals surface area contributed by atoms with Crippen LogP contribution in [0.15, 0.2) is 36.5 Å². The fourth-order valence-electron chi connectivity index (χ4n) is 5.01. The summed E-state index contributed by atoms with van der Waals surface area (Å²) >= 11 is 0. The summed E-state index contributed by atoms with van der Waals surface area (Å²) in [6.07, 6.45) is 14.2. The first-order chi connectivity index (χ1) is 13.2. The van der Waals surface area contributed by atoms with Crippen LogP contribution in [0.1, 0.15) is 63.0 Å². The average Bonchev–Trinajstić information content (AvgIpc) is 3.16. The van der Waals surface area contributed by atoms with Gasteiger partial charge in [-0.25, -0.2) is 0 Å². The van der Waals surface area contributed by atoms with Gasteiger partial charge < -0.3 is 9.80 Å². The van der Waals surface area contributed by atoms with Crippen molar-refractivity contribution in [2.75, 3.05) is 31.6 Å². The fraction of sp³-hybridized carbons (Fsp3) is 0.609. The van der Waals surface area contributed by atoms with Crippen LogP contribution in [0.4, 0.5) is 5.69 Å². The van der Waals surface area contributed by atoms with Crippen molar-refractivity contribution >= 4 is 11.6 Å². The summed E-state index contributed by atoms with van der Waals surface area (Å²) in [6.45, 7) is 3.39. The van der Waals surface area contributed by atoms with Gasteiger partial charge in [0.05, 0.1) is 0 Å². The molecule has 0 spiro atoms. The molecule has 0 aromatic heterocycles. The second-order valence-electron chi connectivity index (χ2n) is 8.38. The number of hydrogen-bond donors (Lipinski definition) is 0. The van der Waals surface area contributed by atoms with E-state index in [9.17, 15) is 4.79 Å². The fourth-order valence-corrected chi connectivity index (χ4v) is 5.01. The number of anilines is 1. The molecule has 1 aromatic carbocycles. The minimum Gasteiger partial charge on any atom is -0.377 e. The molecule has 3 fully saturated rings. The van der Waals surface area contributed by atoms with Crippen molar-refractivity contribution in [1.82, 2.24) is 9.80 Å². The second kappa shape index (κ2) is 8.47. The first kappa shape index (κ1) is 18.5. The lowest BCUT2D eigenvalue weighted by Gasteiger charge is -2.34. The summed E-state index contributed by atoms with van der Waals surface area (Å²) in [7, 11) is 1.87. The Morgan fingerprint density at radius 3 is 2.48 bits per heavy atom. The molecule has 27 heavy (non-hydrogen) atoms. The van der Waals surface area contributed by atoms with Crippen molar-refractivity contribution in [3.05, 3.63) is 42.1 Å². The Morgan fingerprint density at radius 2 is 1.70 bits per heavy atom. The van der Waals surface area contributed by atoms with E-state index in [-0.39, 0.29) is 5.91 Å². The summed E-state index contributed by atoms with van der Waals surface area (Å²) in [5.41, 5.74) is 2.38. The molecule has 0 saturated carbocycles. The van der Waals surface area contributed by atoms with Crippen molar-refractivity contribution in [2.24, 2.45) is 0 Å². The van der Waals surface area contributed by atoms with Crippen LogP contribution < -0.4 is 4.90 Å². The Morgan fingerprint density at radius 1 is 0.963 bits per heavy atom. The number of rotatable bonds is 4. The molecule has 0 N–H and O–H groups in total. The summed E-state index contributed by atoms with van der Waals surface area (Å²) in [4.78, 5) is 19.2. The SMILES string of the molecule is CN(C(=O)/C=C/N1CCCCC1)c1ccc([C@H]2CC[C@H]3CCCCN32)cc1. The number of hydrogen-bond acceptors (Lipinski definition) is 3. The molecule has 0 unspecified atom stereocenters. The van der Waals surface area contributed by atoms with E-state index in [1.807, 2.05) is 13.2 Å². The predicted molar refractivity (Wildman–Crippen MR) is 111 cm³/mol. The van der Waals surface area contributed by atoms with Crippen LogP contribution in [0, 0.1) is 0 Å². The van der Waals surface area contributed by atoms with E-state index in [1.54, 1.807) is 11.0 Å². The normalized spacial score (nSPS) is 26.3. The van der Waals surface area contributed by atoms with Gasteiger partial charge in [-0.15, -0.1) is 0 Å². The van der Waals surface area contributed by atoms with Crippen LogP contribution in [0.2, 0.25) is 0 Å². The van der Waals surface area contributed by atoms with Crippen LogP contribution in [-0.4, -0.2) is 48.4 Å². The molecule has 4 rings (SSSR count). The highest BCUT2D eigenvalue weighted by Gasteiger charge is 2.35. The van der Waals surface area contributed by atoms with Gasteiger partial charge in [-0.05, 0) is 69.2 Å². The van der Waals surface area contributed by atoms with E-state index in [4.69, 9.17) is 0 Å². The summed E-state index contributed by atoms with van der Waals surface area (Å²) in [6, 6.07) is 10.1. The quantitative estimate of drug-likeness (QED) is 0.741. The van der Waals surface area contributed by atoms with Gasteiger partial charge >= 0.3 is 0 Å². The van der Waals surface area contributed by atoms with Gasteiger partial charge in [0.2, 0.25) is 0 Å². The number of nitrogens with zero attached hydrogens (tertiary/aromatic N) is 3. The molecule has 146 valence electrons. The molecular weight excluding hydrogens is 334 g/mol. The minimum atomic E-state index is 0.0466. The number of fused-ring (bicyclic) bond motifs is 1. The Kier molecular flexibility index (Phi) is 5.82. The molecule has 3 saturated heterocycles. The first-order valence-corrected chi connectivity index (χ1v) is 10.8. The maximum Gasteiger partial charge on any atom is 0.252 e. The van der Waals surface area contributed by atoms with E-state index < -0.39 is 0 Å². The Balaban J connectivity index is 1.38. The van der Waals surface area contributed by atoms with Crippen LogP contribution >= 0.6 is 0 Å². The Hall–Kier alpha value is -1.81. The predicted octanol–water partition coefficient (Wildman–Crippen LogP) is 4.34. The zero-order valence-electron chi connectivity index (χ0n) is 16.6. The molecular formula is C23H33N3O. The molecule has 3 heterocycles. The zero-order chi connectivity index (χ0) is 18.6. The number of likely N-dealkylation sites (tertiary alicyclic amines) is 1. The van der Waals surface area contributed by atoms with Gasteiger partial charge in [-0.2, -0.15) is 0 Å². The van der Waals surface area contributed by atoms with Crippen LogP contribution in [-0.2, 0) is 4.79 Å². The standard InChI is InChI=1S/C23H33N3O/c1-24(23(27)14-18-25-15-4-2-5-16-25)20-10-8-19(9-11-20)22-13-12-21-7-3-6-17-26(21)22/h8-11,14,18,21-22H,2-7,12-13,15-17H2,1H3/b18-14+/t21-,22-/m1/s1. The van der Waals surface area contributed by atoms with Crippen molar-refractivity contribution in [1.29, 1.82) is 0 Å². The lowest BCUT2D eigenvalue weighted by Crippen LogP contribution is -2.35. The van der Waals surface area contributed by atoms with Gasteiger partial charge in [-0.1, -0.05) is 18.6 Å². The van der Waals surface area contributed by atoms with E-state index in [0.29, 0.717) is 6.04 Å². The topological polar surface area (TPSA) is 26.8 Å². The average molecular weight is 368 g/mol. The van der Waals surface area contributed by atoms with Gasteiger partial charge in [0, 0.05) is 50.2 Å². The molecule has 2 atom stereocenters. The van der Waals surface area contributed by atoms with Crippen molar-refractivity contribution < 1.29 is 4.79 Å². The second-order valence-corrected chi connectivity index (χ2v) is 8.38. The summed E-state index contributed by atoms with van der Waals surface area (Å²) in [5.74, 6) is 0.0466. The summed E-state index contributed by atoms with van der Waals surface area (Å²) < 4.78 is 0. The molecule has 3 aliphatic heterocycles. The molecule has 1 amide bonds. The molecule has 0 radical (unpaired) electrons. The number of benzene rings is 1. The smallest absolute Gasteiger partial charge is 0.252 e. The monoisotopic (exact) mass is 367 g/mol. The lowest BCUT2D eigenvalue weighted by atomic mass is 10.0. The number of amides is 1. The largest absolute Gasteiger partial charge is 0.377 e. The van der Waals surface area contributed by atoms with Gasteiger partial charge in [0.25, 0.3) is 5.91 Å². The molecule has 0 aliphatic carbocycles. The van der Waals surface area contributed by atoms with E-state index in [0.717, 1.165) is 24.8 Å². The highest BCUT2D eigenvalue weighted by Crippen LogP contribution is 2.40. The number of likely N-dealkylation sites (N-methyl/N-ethyl adjacent to an activating group) is 1. The molecule has 3 aliphatic rings. The Bertz CT molecular complexity index is 663. The highest BCUT2D eigenvalue weighted by molar-refractivity contribution is 6.00. The van der Waals surface area contributed by atoms with E-state index >= 15 is 0 Å². The van der Waals surface area contributed by atoms with E-state index in [2.05, 4.69) is 34.1 Å². The van der Waals surface area contributed by atoms with Crippen molar-refractivity contribution in [3.8, 4) is 0 Å².